The molecule has 1 saturated carbocycles. The second kappa shape index (κ2) is 8.91. The maximum absolute atomic E-state index is 12.2. The van der Waals surface area contributed by atoms with E-state index >= 15 is 0 Å². The number of esters is 1. The standard InChI is InChI=1S/C26H31N5O5S/c1-13-14(2)35-25(32)17-6-7-21(31-23(13)17)30-22-10-18-19(11-28-22)24(29-12-20(18)26(3,4)27)36-15-8-16(9-15)37(5,33)34/h6-7,10-16H,8-9,27H2,1-5H3,(H,28,30,31)/t13-,14-,15?,16?/m0/s1. The first-order valence-corrected chi connectivity index (χ1v) is 14.2. The van der Waals surface area contributed by atoms with Crippen LogP contribution in [0, 0.1) is 0 Å². The molecule has 3 aromatic rings. The van der Waals surface area contributed by atoms with E-state index in [4.69, 9.17) is 15.2 Å². The molecule has 2 atom stereocenters. The summed E-state index contributed by atoms with van der Waals surface area (Å²) < 4.78 is 35.0. The zero-order valence-corrected chi connectivity index (χ0v) is 22.3. The molecule has 1 aliphatic heterocycles. The zero-order valence-electron chi connectivity index (χ0n) is 21.5. The summed E-state index contributed by atoms with van der Waals surface area (Å²) in [6.45, 7) is 7.62. The second-order valence-corrected chi connectivity index (χ2v) is 13.0. The first-order valence-electron chi connectivity index (χ1n) is 12.2. The van der Waals surface area contributed by atoms with Gasteiger partial charge >= 0.3 is 5.97 Å². The van der Waals surface area contributed by atoms with Gasteiger partial charge in [-0.1, -0.05) is 6.92 Å². The van der Waals surface area contributed by atoms with E-state index in [0.717, 1.165) is 10.9 Å². The quantitative estimate of drug-likeness (QED) is 0.458. The number of carbonyl (C=O) groups is 1. The van der Waals surface area contributed by atoms with E-state index in [1.165, 1.54) is 6.26 Å². The topological polar surface area (TPSA) is 146 Å². The number of fused-ring (bicyclic) bond motifs is 2. The maximum atomic E-state index is 12.2. The molecular weight excluding hydrogens is 494 g/mol. The van der Waals surface area contributed by atoms with Gasteiger partial charge in [0.25, 0.3) is 0 Å². The van der Waals surface area contributed by atoms with Crippen LogP contribution in [-0.2, 0) is 20.1 Å². The normalized spacial score (nSPS) is 23.7. The molecular formula is C26H31N5O5S. The summed E-state index contributed by atoms with van der Waals surface area (Å²) >= 11 is 0. The van der Waals surface area contributed by atoms with Gasteiger partial charge in [0.2, 0.25) is 5.88 Å². The summed E-state index contributed by atoms with van der Waals surface area (Å²) in [6, 6.07) is 5.30. The first kappa shape index (κ1) is 25.3. The Morgan fingerprint density at radius 3 is 2.51 bits per heavy atom. The van der Waals surface area contributed by atoms with Crippen molar-refractivity contribution in [2.24, 2.45) is 5.73 Å². The first-order chi connectivity index (χ1) is 17.3. The van der Waals surface area contributed by atoms with Crippen molar-refractivity contribution in [3.8, 4) is 5.88 Å². The Kier molecular flexibility index (Phi) is 6.11. The van der Waals surface area contributed by atoms with Crippen LogP contribution in [0.25, 0.3) is 10.8 Å². The molecule has 3 aromatic heterocycles. The lowest BCUT2D eigenvalue weighted by Gasteiger charge is -2.34. The van der Waals surface area contributed by atoms with E-state index in [1.807, 2.05) is 33.8 Å². The van der Waals surface area contributed by atoms with Gasteiger partial charge in [-0.25, -0.2) is 28.2 Å². The monoisotopic (exact) mass is 525 g/mol. The molecule has 0 spiro atoms. The highest BCUT2D eigenvalue weighted by molar-refractivity contribution is 7.91. The molecule has 10 nitrogen and oxygen atoms in total. The van der Waals surface area contributed by atoms with Gasteiger partial charge in [-0.2, -0.15) is 0 Å². The number of cyclic esters (lactones) is 1. The van der Waals surface area contributed by atoms with E-state index in [1.54, 1.807) is 24.5 Å². The molecule has 2 aliphatic rings. The number of ether oxygens (including phenoxy) is 2. The number of nitrogens with one attached hydrogen (secondary N) is 1. The van der Waals surface area contributed by atoms with Gasteiger partial charge in [0.05, 0.1) is 21.9 Å². The molecule has 1 aliphatic carbocycles. The number of hydrogen-bond acceptors (Lipinski definition) is 10. The lowest BCUT2D eigenvalue weighted by molar-refractivity contribution is 0.0235. The molecule has 4 heterocycles. The van der Waals surface area contributed by atoms with Gasteiger partial charge in [0.15, 0.2) is 9.84 Å². The summed E-state index contributed by atoms with van der Waals surface area (Å²) in [7, 11) is -3.08. The maximum Gasteiger partial charge on any atom is 0.340 e. The second-order valence-electron chi connectivity index (χ2n) is 10.6. The number of anilines is 2. The Balaban J connectivity index is 1.47. The highest BCUT2D eigenvalue weighted by atomic mass is 32.2. The number of rotatable bonds is 6. The summed E-state index contributed by atoms with van der Waals surface area (Å²) in [5.74, 6) is 1.09. The largest absolute Gasteiger partial charge is 0.474 e. The van der Waals surface area contributed by atoms with Gasteiger partial charge in [-0.3, -0.25) is 0 Å². The van der Waals surface area contributed by atoms with Crippen molar-refractivity contribution in [3.05, 3.63) is 47.4 Å². The van der Waals surface area contributed by atoms with Gasteiger partial charge in [0, 0.05) is 42.9 Å². The number of sulfone groups is 1. The average molecular weight is 526 g/mol. The van der Waals surface area contributed by atoms with Crippen LogP contribution >= 0.6 is 0 Å². The van der Waals surface area contributed by atoms with Crippen LogP contribution in [0.1, 0.15) is 68.1 Å². The molecule has 0 amide bonds. The molecule has 0 bridgehead atoms. The number of nitrogens with two attached hydrogens (primary N) is 1. The number of carbonyl (C=O) groups excluding carboxylic acids is 1. The predicted molar refractivity (Wildman–Crippen MR) is 140 cm³/mol. The van der Waals surface area contributed by atoms with Crippen molar-refractivity contribution in [1.82, 2.24) is 15.0 Å². The highest BCUT2D eigenvalue weighted by Crippen LogP contribution is 2.37. The third-order valence-electron chi connectivity index (χ3n) is 7.19. The Hall–Kier alpha value is -3.31. The molecule has 5 rings (SSSR count). The molecule has 3 N–H and O–H groups in total. The van der Waals surface area contributed by atoms with Crippen LogP contribution < -0.4 is 15.8 Å². The zero-order chi connectivity index (χ0) is 26.7. The van der Waals surface area contributed by atoms with Crippen molar-refractivity contribution in [2.75, 3.05) is 11.6 Å². The van der Waals surface area contributed by atoms with Crippen molar-refractivity contribution < 1.29 is 22.7 Å². The van der Waals surface area contributed by atoms with E-state index in [9.17, 15) is 13.2 Å². The van der Waals surface area contributed by atoms with Gasteiger partial charge in [-0.05, 0) is 49.9 Å². The number of pyridine rings is 3. The van der Waals surface area contributed by atoms with E-state index in [2.05, 4.69) is 20.3 Å². The summed E-state index contributed by atoms with van der Waals surface area (Å²) in [4.78, 5) is 26.0. The molecule has 0 saturated heterocycles. The summed E-state index contributed by atoms with van der Waals surface area (Å²) in [5.41, 5.74) is 7.74. The van der Waals surface area contributed by atoms with Crippen LogP contribution in [0.5, 0.6) is 5.88 Å². The minimum atomic E-state index is -3.08. The number of hydrogen-bond donors (Lipinski definition) is 2. The Labute approximate surface area is 215 Å². The molecule has 0 unspecified atom stereocenters. The lowest BCUT2D eigenvalue weighted by atomic mass is 9.92. The Morgan fingerprint density at radius 2 is 1.84 bits per heavy atom. The van der Waals surface area contributed by atoms with Crippen LogP contribution in [0.4, 0.5) is 11.6 Å². The Bertz CT molecular complexity index is 1500. The Morgan fingerprint density at radius 1 is 1.11 bits per heavy atom. The van der Waals surface area contributed by atoms with Crippen molar-refractivity contribution in [1.29, 1.82) is 0 Å². The molecule has 11 heteroatoms. The van der Waals surface area contributed by atoms with Crippen LogP contribution in [-0.4, -0.2) is 53.1 Å². The fourth-order valence-electron chi connectivity index (χ4n) is 4.66. The molecule has 0 aromatic carbocycles. The third kappa shape index (κ3) is 4.85. The third-order valence-corrected chi connectivity index (χ3v) is 8.79. The van der Waals surface area contributed by atoms with Gasteiger partial charge < -0.3 is 20.5 Å². The predicted octanol–water partition coefficient (Wildman–Crippen LogP) is 3.58. The van der Waals surface area contributed by atoms with Crippen LogP contribution in [0.2, 0.25) is 0 Å². The number of aromatic nitrogens is 3. The lowest BCUT2D eigenvalue weighted by Crippen LogP contribution is -2.42. The van der Waals surface area contributed by atoms with Crippen molar-refractivity contribution in [3.63, 3.8) is 0 Å². The number of nitrogens with zero attached hydrogens (tertiary/aromatic N) is 3. The minimum Gasteiger partial charge on any atom is -0.474 e. The van der Waals surface area contributed by atoms with Crippen LogP contribution in [0.15, 0.2) is 30.6 Å². The highest BCUT2D eigenvalue weighted by Gasteiger charge is 2.38. The fraction of sp³-hybridized carbons (Fsp3) is 0.462. The van der Waals surface area contributed by atoms with Gasteiger partial charge in [-0.15, -0.1) is 0 Å². The van der Waals surface area contributed by atoms with E-state index in [-0.39, 0.29) is 29.3 Å². The molecule has 1 fully saturated rings. The van der Waals surface area contributed by atoms with Crippen LogP contribution in [0.3, 0.4) is 0 Å². The average Bonchev–Trinajstić information content (AvgIpc) is 2.77. The smallest absolute Gasteiger partial charge is 0.340 e. The van der Waals surface area contributed by atoms with E-state index in [0.29, 0.717) is 47.0 Å². The molecule has 37 heavy (non-hydrogen) atoms. The van der Waals surface area contributed by atoms with Gasteiger partial charge in [0.1, 0.15) is 23.8 Å². The van der Waals surface area contributed by atoms with E-state index < -0.39 is 15.4 Å². The van der Waals surface area contributed by atoms with Crippen molar-refractivity contribution in [2.45, 2.75) is 69.5 Å². The fourth-order valence-corrected chi connectivity index (χ4v) is 5.79. The SMILES string of the molecule is C[C@@H]1OC(=O)c2ccc(Nc3cc4c(C(C)(C)N)cnc(OC5CC(S(C)(=O)=O)C5)c4cn3)nc2[C@H]1C. The summed E-state index contributed by atoms with van der Waals surface area (Å²) in [6.07, 6.45) is 5.01. The van der Waals surface area contributed by atoms with Crippen molar-refractivity contribution >= 4 is 38.2 Å². The minimum absolute atomic E-state index is 0.0387. The molecule has 0 radical (unpaired) electrons. The summed E-state index contributed by atoms with van der Waals surface area (Å²) in [5, 5.41) is 4.36. The molecule has 196 valence electrons.